The summed E-state index contributed by atoms with van der Waals surface area (Å²) in [5.41, 5.74) is 0.424. The van der Waals surface area contributed by atoms with Crippen LogP contribution in [0.25, 0.3) is 23.4 Å². The summed E-state index contributed by atoms with van der Waals surface area (Å²) in [6.45, 7) is 17.7. The van der Waals surface area contributed by atoms with Gasteiger partial charge in [0.15, 0.2) is 10.3 Å². The van der Waals surface area contributed by atoms with Gasteiger partial charge in [-0.1, -0.05) is 32.1 Å². The van der Waals surface area contributed by atoms with Gasteiger partial charge in [0.25, 0.3) is 17.4 Å². The normalized spacial score (nSPS) is 14.0. The summed E-state index contributed by atoms with van der Waals surface area (Å²) in [6, 6.07) is 6.60. The average Bonchev–Trinajstić information content (AvgIpc) is 3.85. The van der Waals surface area contributed by atoms with Gasteiger partial charge in [-0.3, -0.25) is 34.4 Å². The molecular weight excluding hydrogens is 819 g/mol. The minimum Gasteiger partial charge on any atom is -0.457 e. The van der Waals surface area contributed by atoms with Gasteiger partial charge in [-0.15, -0.1) is 11.3 Å². The Morgan fingerprint density at radius 2 is 1.54 bits per heavy atom. The van der Waals surface area contributed by atoms with Crippen LogP contribution in [0.5, 0.6) is 0 Å². The maximum absolute atomic E-state index is 14.4. The molecule has 0 spiro atoms. The van der Waals surface area contributed by atoms with Gasteiger partial charge in [0.1, 0.15) is 22.7 Å². The van der Waals surface area contributed by atoms with Gasteiger partial charge in [-0.25, -0.2) is 24.5 Å². The lowest BCUT2D eigenvalue weighted by molar-refractivity contribution is -0.148. The summed E-state index contributed by atoms with van der Waals surface area (Å²) in [7, 11) is 0. The molecule has 1 saturated heterocycles. The number of hydrogen-bond donors (Lipinski definition) is 2. The molecule has 0 aromatic carbocycles. The van der Waals surface area contributed by atoms with Crippen LogP contribution >= 0.6 is 22.7 Å². The van der Waals surface area contributed by atoms with Gasteiger partial charge in [0.05, 0.1) is 21.7 Å². The van der Waals surface area contributed by atoms with E-state index in [1.54, 1.807) is 77.0 Å². The lowest BCUT2D eigenvalue weighted by Gasteiger charge is -2.36. The first kappa shape index (κ1) is 44.3. The maximum Gasteiger partial charge on any atom is 0.413 e. The second-order valence-corrected chi connectivity index (χ2v) is 19.1. The Labute approximate surface area is 361 Å². The largest absolute Gasteiger partial charge is 0.457 e. The summed E-state index contributed by atoms with van der Waals surface area (Å²) < 4.78 is 12.1. The van der Waals surface area contributed by atoms with Crippen molar-refractivity contribution in [3.63, 3.8) is 0 Å². The monoisotopic (exact) mass is 867 g/mol. The number of esters is 1. The van der Waals surface area contributed by atoms with Crippen LogP contribution in [0.3, 0.4) is 0 Å². The van der Waals surface area contributed by atoms with E-state index in [0.29, 0.717) is 15.6 Å². The van der Waals surface area contributed by atoms with Crippen molar-refractivity contribution in [1.82, 2.24) is 29.2 Å². The van der Waals surface area contributed by atoms with Crippen molar-refractivity contribution < 1.29 is 28.7 Å². The number of anilines is 3. The molecule has 61 heavy (non-hydrogen) atoms. The number of nitrogens with one attached hydrogen (secondary N) is 2. The molecule has 6 rings (SSSR count). The summed E-state index contributed by atoms with van der Waals surface area (Å²) in [4.78, 5) is 89.1. The molecule has 18 heteroatoms. The van der Waals surface area contributed by atoms with E-state index < -0.39 is 34.7 Å². The fourth-order valence-electron chi connectivity index (χ4n) is 6.00. The molecule has 16 nitrogen and oxygen atoms in total. The molecule has 1 aliphatic heterocycles. The molecule has 2 N–H and O–H groups in total. The standard InChI is InChI=1S/C43H49N9O7S2/c1-41(2,3)31-25-60-39(46-31)48-35(54)27-14-17-52-32(23-27)47-34(28(37(52)56)10-11-33(53)58-42(4,5)6)50-18-20-51(21-19-50)36(55)29(22-26-12-15-44-16-13-26)30-24-45-38(61-30)49-40(57)59-43(7,8)9/h10-17,22-25H,18-21H2,1-9H3,(H,45,49,57)(H,46,48,54)/b11-10+,29-22?. The molecule has 0 saturated carbocycles. The lowest BCUT2D eigenvalue weighted by Crippen LogP contribution is -2.49. The van der Waals surface area contributed by atoms with E-state index in [-0.39, 0.29) is 65.2 Å². The van der Waals surface area contributed by atoms with Gasteiger partial charge in [0, 0.05) is 73.4 Å². The number of carbonyl (C=O) groups is 4. The molecular formula is C43H49N9O7S2. The number of rotatable bonds is 9. The Bertz CT molecular complexity index is 2570. The van der Waals surface area contributed by atoms with E-state index in [0.717, 1.165) is 22.6 Å². The Morgan fingerprint density at radius 3 is 2.18 bits per heavy atom. The van der Waals surface area contributed by atoms with Crippen LogP contribution in [0.4, 0.5) is 20.9 Å². The van der Waals surface area contributed by atoms with Crippen LogP contribution in [0, 0.1) is 0 Å². The van der Waals surface area contributed by atoms with Gasteiger partial charge in [0.2, 0.25) is 0 Å². The molecule has 0 aliphatic carbocycles. The second-order valence-electron chi connectivity index (χ2n) is 17.2. The molecule has 3 amide bonds. The van der Waals surface area contributed by atoms with Gasteiger partial charge >= 0.3 is 12.1 Å². The number of aromatic nitrogens is 5. The Morgan fingerprint density at radius 1 is 0.852 bits per heavy atom. The maximum atomic E-state index is 14.4. The predicted octanol–water partition coefficient (Wildman–Crippen LogP) is 7.14. The first-order valence-corrected chi connectivity index (χ1v) is 21.2. The van der Waals surface area contributed by atoms with Crippen LogP contribution in [-0.2, 0) is 24.5 Å². The predicted molar refractivity (Wildman–Crippen MR) is 238 cm³/mol. The van der Waals surface area contributed by atoms with E-state index in [4.69, 9.17) is 14.5 Å². The number of pyridine rings is 2. The molecule has 320 valence electrons. The van der Waals surface area contributed by atoms with Crippen LogP contribution in [0.2, 0.25) is 0 Å². The van der Waals surface area contributed by atoms with Crippen molar-refractivity contribution in [3.8, 4) is 0 Å². The van der Waals surface area contributed by atoms with Crippen molar-refractivity contribution in [1.29, 1.82) is 0 Å². The highest BCUT2D eigenvalue weighted by Crippen LogP contribution is 2.31. The zero-order valence-electron chi connectivity index (χ0n) is 35.6. The molecule has 5 aromatic rings. The van der Waals surface area contributed by atoms with Crippen LogP contribution in [0.15, 0.2) is 65.3 Å². The van der Waals surface area contributed by atoms with Gasteiger partial charge in [-0.2, -0.15) is 0 Å². The summed E-state index contributed by atoms with van der Waals surface area (Å²) in [5, 5.41) is 8.11. The molecule has 5 aromatic heterocycles. The fraction of sp³-hybridized carbons (Fsp3) is 0.372. The highest BCUT2D eigenvalue weighted by molar-refractivity contribution is 7.17. The molecule has 6 heterocycles. The lowest BCUT2D eigenvalue weighted by atomic mass is 9.93. The van der Waals surface area contributed by atoms with E-state index in [1.807, 2.05) is 31.1 Å². The fourth-order valence-corrected chi connectivity index (χ4v) is 7.75. The van der Waals surface area contributed by atoms with E-state index in [1.165, 1.54) is 52.4 Å². The third-order valence-electron chi connectivity index (χ3n) is 8.89. The van der Waals surface area contributed by atoms with Gasteiger partial charge in [-0.05, 0) is 83.5 Å². The Kier molecular flexibility index (Phi) is 12.9. The van der Waals surface area contributed by atoms with Crippen molar-refractivity contribution in [2.24, 2.45) is 0 Å². The molecule has 0 unspecified atom stereocenters. The zero-order chi connectivity index (χ0) is 44.3. The first-order chi connectivity index (χ1) is 28.6. The summed E-state index contributed by atoms with van der Waals surface area (Å²) in [5.74, 6) is -1.05. The summed E-state index contributed by atoms with van der Waals surface area (Å²) >= 11 is 2.46. The molecule has 0 atom stereocenters. The molecule has 0 radical (unpaired) electrons. The molecule has 1 fully saturated rings. The first-order valence-electron chi connectivity index (χ1n) is 19.5. The Balaban J connectivity index is 1.28. The third-order valence-corrected chi connectivity index (χ3v) is 10.6. The number of nitrogens with zero attached hydrogens (tertiary/aromatic N) is 7. The SMILES string of the molecule is CC(C)(C)OC(=O)/C=C/c1c(N2CCN(C(=O)C(=Cc3ccncc3)c3cnc(NC(=O)OC(C)(C)C)s3)CC2)nc2cc(C(=O)Nc3nc(C(C)(C)C)cs3)ccn2c1=O. The van der Waals surface area contributed by atoms with E-state index in [2.05, 4.69) is 25.6 Å². The van der Waals surface area contributed by atoms with Crippen molar-refractivity contribution in [3.05, 3.63) is 98.1 Å². The quantitative estimate of drug-likeness (QED) is 0.113. The molecule has 0 bridgehead atoms. The van der Waals surface area contributed by atoms with Crippen LogP contribution < -0.4 is 21.1 Å². The number of piperazine rings is 1. The van der Waals surface area contributed by atoms with Crippen molar-refractivity contribution in [2.75, 3.05) is 41.7 Å². The van der Waals surface area contributed by atoms with Crippen molar-refractivity contribution in [2.45, 2.75) is 78.9 Å². The smallest absolute Gasteiger partial charge is 0.413 e. The highest BCUT2D eigenvalue weighted by atomic mass is 32.1. The number of hydrogen-bond acceptors (Lipinski definition) is 14. The van der Waals surface area contributed by atoms with E-state index in [9.17, 15) is 24.0 Å². The van der Waals surface area contributed by atoms with E-state index >= 15 is 0 Å². The number of carbonyl (C=O) groups excluding carboxylic acids is 4. The minimum atomic E-state index is -0.756. The second kappa shape index (κ2) is 17.8. The minimum absolute atomic E-state index is 0.130. The van der Waals surface area contributed by atoms with Gasteiger partial charge < -0.3 is 19.3 Å². The molecule has 1 aliphatic rings. The number of fused-ring (bicyclic) bond motifs is 1. The zero-order valence-corrected chi connectivity index (χ0v) is 37.2. The topological polar surface area (TPSA) is 190 Å². The number of ether oxygens (including phenoxy) is 2. The average molecular weight is 868 g/mol. The van der Waals surface area contributed by atoms with Crippen LogP contribution in [0.1, 0.15) is 94.4 Å². The number of thiazole rings is 2. The highest BCUT2D eigenvalue weighted by Gasteiger charge is 2.29. The van der Waals surface area contributed by atoms with Crippen LogP contribution in [-0.4, -0.2) is 90.5 Å². The third kappa shape index (κ3) is 11.5. The van der Waals surface area contributed by atoms with Crippen molar-refractivity contribution >= 4 is 86.0 Å². The Hall–Kier alpha value is -6.27. The summed E-state index contributed by atoms with van der Waals surface area (Å²) in [6.07, 6.45) is 9.92. The number of amides is 3.